The molecule has 102 valence electrons. The molecule has 0 radical (unpaired) electrons. The van der Waals surface area contributed by atoms with E-state index in [1.165, 1.54) is 0 Å². The lowest BCUT2D eigenvalue weighted by atomic mass is 10.1. The predicted octanol–water partition coefficient (Wildman–Crippen LogP) is 2.42. The standard InChI is InChI=1S/C14H24N2O2/c1-10-7-13(18-6)11(8-12(10)17-5)16-9-14(2,3)15-4/h7-8,15-16H,9H2,1-6H3. The summed E-state index contributed by atoms with van der Waals surface area (Å²) in [4.78, 5) is 0. The summed E-state index contributed by atoms with van der Waals surface area (Å²) in [5.74, 6) is 1.70. The van der Waals surface area contributed by atoms with E-state index >= 15 is 0 Å². The minimum absolute atomic E-state index is 0.0170. The van der Waals surface area contributed by atoms with Crippen molar-refractivity contribution >= 4 is 5.69 Å². The Labute approximate surface area is 110 Å². The van der Waals surface area contributed by atoms with Crippen molar-refractivity contribution in [1.29, 1.82) is 0 Å². The Hall–Kier alpha value is -1.42. The fourth-order valence-corrected chi connectivity index (χ4v) is 1.59. The lowest BCUT2D eigenvalue weighted by molar-refractivity contribution is 0.400. The van der Waals surface area contributed by atoms with Crippen LogP contribution in [0.1, 0.15) is 19.4 Å². The maximum Gasteiger partial charge on any atom is 0.142 e. The zero-order valence-corrected chi connectivity index (χ0v) is 12.2. The lowest BCUT2D eigenvalue weighted by Gasteiger charge is -2.25. The van der Waals surface area contributed by atoms with Gasteiger partial charge in [0.2, 0.25) is 0 Å². The summed E-state index contributed by atoms with van der Waals surface area (Å²) < 4.78 is 10.7. The van der Waals surface area contributed by atoms with Crippen molar-refractivity contribution < 1.29 is 9.47 Å². The van der Waals surface area contributed by atoms with E-state index in [9.17, 15) is 0 Å². The molecule has 1 aromatic rings. The van der Waals surface area contributed by atoms with Crippen LogP contribution in [-0.4, -0.2) is 33.4 Å². The van der Waals surface area contributed by atoms with E-state index in [0.29, 0.717) is 0 Å². The summed E-state index contributed by atoms with van der Waals surface area (Å²) >= 11 is 0. The Bertz CT molecular complexity index is 403. The Balaban J connectivity index is 2.93. The second-order valence-corrected chi connectivity index (χ2v) is 5.01. The molecule has 0 aromatic heterocycles. The molecule has 0 bridgehead atoms. The van der Waals surface area contributed by atoms with Crippen molar-refractivity contribution in [3.8, 4) is 11.5 Å². The highest BCUT2D eigenvalue weighted by atomic mass is 16.5. The fraction of sp³-hybridized carbons (Fsp3) is 0.571. The van der Waals surface area contributed by atoms with E-state index in [1.807, 2.05) is 26.1 Å². The molecule has 0 fully saturated rings. The van der Waals surface area contributed by atoms with E-state index < -0.39 is 0 Å². The van der Waals surface area contributed by atoms with Gasteiger partial charge in [-0.15, -0.1) is 0 Å². The van der Waals surface area contributed by atoms with Crippen LogP contribution in [0.5, 0.6) is 11.5 Å². The Morgan fingerprint density at radius 1 is 1.11 bits per heavy atom. The topological polar surface area (TPSA) is 42.5 Å². The van der Waals surface area contributed by atoms with Crippen LogP contribution in [0.3, 0.4) is 0 Å². The van der Waals surface area contributed by atoms with Crippen LogP contribution in [0.15, 0.2) is 12.1 Å². The van der Waals surface area contributed by atoms with Gasteiger partial charge in [0.15, 0.2) is 0 Å². The molecule has 0 atom stereocenters. The van der Waals surface area contributed by atoms with Crippen molar-refractivity contribution in [2.24, 2.45) is 0 Å². The van der Waals surface area contributed by atoms with Crippen molar-refractivity contribution in [1.82, 2.24) is 5.32 Å². The minimum atomic E-state index is 0.0170. The molecule has 0 saturated carbocycles. The molecule has 4 heteroatoms. The van der Waals surface area contributed by atoms with Crippen LogP contribution in [-0.2, 0) is 0 Å². The van der Waals surface area contributed by atoms with Gasteiger partial charge < -0.3 is 20.1 Å². The van der Waals surface area contributed by atoms with Crippen LogP contribution in [0, 0.1) is 6.92 Å². The number of rotatable bonds is 6. The number of methoxy groups -OCH3 is 2. The highest BCUT2D eigenvalue weighted by Gasteiger charge is 2.16. The van der Waals surface area contributed by atoms with Gasteiger partial charge in [0, 0.05) is 18.2 Å². The van der Waals surface area contributed by atoms with Crippen LogP contribution in [0.2, 0.25) is 0 Å². The first-order valence-electron chi connectivity index (χ1n) is 6.09. The second-order valence-electron chi connectivity index (χ2n) is 5.01. The molecule has 0 saturated heterocycles. The van der Waals surface area contributed by atoms with Crippen molar-refractivity contribution in [3.05, 3.63) is 17.7 Å². The van der Waals surface area contributed by atoms with Gasteiger partial charge in [-0.2, -0.15) is 0 Å². The molecule has 0 heterocycles. The minimum Gasteiger partial charge on any atom is -0.496 e. The van der Waals surface area contributed by atoms with E-state index in [2.05, 4.69) is 24.5 Å². The predicted molar refractivity (Wildman–Crippen MR) is 75.9 cm³/mol. The molecule has 4 nitrogen and oxygen atoms in total. The summed E-state index contributed by atoms with van der Waals surface area (Å²) in [6.07, 6.45) is 0. The number of anilines is 1. The van der Waals surface area contributed by atoms with E-state index in [0.717, 1.165) is 29.3 Å². The maximum absolute atomic E-state index is 5.39. The third kappa shape index (κ3) is 3.53. The third-order valence-electron chi connectivity index (χ3n) is 3.11. The van der Waals surface area contributed by atoms with Crippen molar-refractivity contribution in [2.75, 3.05) is 33.1 Å². The van der Waals surface area contributed by atoms with Gasteiger partial charge in [-0.1, -0.05) is 0 Å². The monoisotopic (exact) mass is 252 g/mol. The molecule has 1 aromatic carbocycles. The molecule has 0 aliphatic carbocycles. The van der Waals surface area contributed by atoms with Crippen LogP contribution < -0.4 is 20.1 Å². The molecule has 0 spiro atoms. The summed E-state index contributed by atoms with van der Waals surface area (Å²) in [5.41, 5.74) is 2.03. The molecule has 0 unspecified atom stereocenters. The molecule has 0 amide bonds. The van der Waals surface area contributed by atoms with E-state index in [4.69, 9.17) is 9.47 Å². The van der Waals surface area contributed by atoms with Crippen LogP contribution >= 0.6 is 0 Å². The quantitative estimate of drug-likeness (QED) is 0.816. The van der Waals surface area contributed by atoms with Crippen molar-refractivity contribution in [3.63, 3.8) is 0 Å². The summed E-state index contributed by atoms with van der Waals surface area (Å²) in [6, 6.07) is 3.95. The van der Waals surface area contributed by atoms with Gasteiger partial charge in [0.25, 0.3) is 0 Å². The number of aryl methyl sites for hydroxylation is 1. The number of likely N-dealkylation sites (N-methyl/N-ethyl adjacent to an activating group) is 1. The first-order valence-corrected chi connectivity index (χ1v) is 6.09. The van der Waals surface area contributed by atoms with Gasteiger partial charge in [0.1, 0.15) is 11.5 Å². The maximum atomic E-state index is 5.39. The average molecular weight is 252 g/mol. The fourth-order valence-electron chi connectivity index (χ4n) is 1.59. The molecular weight excluding hydrogens is 228 g/mol. The third-order valence-corrected chi connectivity index (χ3v) is 3.11. The first kappa shape index (κ1) is 14.6. The number of nitrogens with one attached hydrogen (secondary N) is 2. The van der Waals surface area contributed by atoms with E-state index in [-0.39, 0.29) is 5.54 Å². The normalized spacial score (nSPS) is 11.2. The van der Waals surface area contributed by atoms with Crippen LogP contribution in [0.25, 0.3) is 0 Å². The number of hydrogen-bond acceptors (Lipinski definition) is 4. The van der Waals surface area contributed by atoms with Crippen LogP contribution in [0.4, 0.5) is 5.69 Å². The smallest absolute Gasteiger partial charge is 0.142 e. The Kier molecular flexibility index (Phi) is 4.84. The first-order chi connectivity index (χ1) is 8.43. The highest BCUT2D eigenvalue weighted by molar-refractivity contribution is 5.62. The molecule has 1 rings (SSSR count). The molecular formula is C14H24N2O2. The highest BCUT2D eigenvalue weighted by Crippen LogP contribution is 2.32. The number of hydrogen-bond donors (Lipinski definition) is 2. The molecule has 2 N–H and O–H groups in total. The average Bonchev–Trinajstić information content (AvgIpc) is 2.36. The van der Waals surface area contributed by atoms with Crippen molar-refractivity contribution in [2.45, 2.75) is 26.3 Å². The molecule has 0 aliphatic rings. The van der Waals surface area contributed by atoms with Gasteiger partial charge >= 0.3 is 0 Å². The van der Waals surface area contributed by atoms with E-state index in [1.54, 1.807) is 14.2 Å². The zero-order chi connectivity index (χ0) is 13.8. The van der Waals surface area contributed by atoms with Gasteiger partial charge in [0.05, 0.1) is 19.9 Å². The van der Waals surface area contributed by atoms with Gasteiger partial charge in [-0.05, 0) is 39.4 Å². The second kappa shape index (κ2) is 5.96. The SMILES string of the molecule is CNC(C)(C)CNc1cc(OC)c(C)cc1OC. The Morgan fingerprint density at radius 2 is 1.72 bits per heavy atom. The summed E-state index contributed by atoms with van der Waals surface area (Å²) in [5, 5.41) is 6.64. The molecule has 0 aliphatic heterocycles. The summed E-state index contributed by atoms with van der Waals surface area (Å²) in [7, 11) is 5.31. The lowest BCUT2D eigenvalue weighted by Crippen LogP contribution is -2.42. The number of benzene rings is 1. The largest absolute Gasteiger partial charge is 0.496 e. The molecule has 18 heavy (non-hydrogen) atoms. The van der Waals surface area contributed by atoms with Gasteiger partial charge in [-0.25, -0.2) is 0 Å². The zero-order valence-electron chi connectivity index (χ0n) is 12.2. The number of ether oxygens (including phenoxy) is 2. The van der Waals surface area contributed by atoms with Gasteiger partial charge in [-0.3, -0.25) is 0 Å². The summed E-state index contributed by atoms with van der Waals surface area (Å²) in [6.45, 7) is 7.07. The Morgan fingerprint density at radius 3 is 2.22 bits per heavy atom.